The van der Waals surface area contributed by atoms with Crippen LogP contribution in [-0.4, -0.2) is 36.2 Å². The van der Waals surface area contributed by atoms with Crippen LogP contribution in [0.2, 0.25) is 0 Å². The molecule has 2 aliphatic heterocycles. The Hall–Kier alpha value is 0.270. The minimum absolute atomic E-state index is 0.431. The molecule has 0 aromatic rings. The first-order valence-electron chi connectivity index (χ1n) is 4.87. The van der Waals surface area contributed by atoms with E-state index in [4.69, 9.17) is 0 Å². The molecule has 3 heteroatoms. The van der Waals surface area contributed by atoms with Gasteiger partial charge in [0.1, 0.15) is 0 Å². The van der Waals surface area contributed by atoms with Crippen LogP contribution in [0.25, 0.3) is 0 Å². The Morgan fingerprint density at radius 2 is 2.42 bits per heavy atom. The van der Waals surface area contributed by atoms with E-state index in [1.54, 1.807) is 0 Å². The van der Waals surface area contributed by atoms with Gasteiger partial charge in [0, 0.05) is 30.4 Å². The highest BCUT2D eigenvalue weighted by Crippen LogP contribution is 2.27. The fraction of sp³-hybridized carbons (Fsp3) is 1.00. The van der Waals surface area contributed by atoms with Gasteiger partial charge in [-0.2, -0.15) is 11.8 Å². The molecule has 2 aliphatic rings. The molecule has 0 amide bonds. The van der Waals surface area contributed by atoms with Crippen molar-refractivity contribution in [3.8, 4) is 0 Å². The molecular formula is C9H18N2S. The quantitative estimate of drug-likeness (QED) is 0.586. The lowest BCUT2D eigenvalue weighted by Gasteiger charge is -2.44. The van der Waals surface area contributed by atoms with Crippen molar-refractivity contribution >= 4 is 11.8 Å². The summed E-state index contributed by atoms with van der Waals surface area (Å²) in [5.41, 5.74) is 0.431. The molecule has 2 fully saturated rings. The molecular weight excluding hydrogens is 168 g/mol. The molecule has 0 radical (unpaired) electrons. The minimum atomic E-state index is 0.431. The van der Waals surface area contributed by atoms with Crippen molar-refractivity contribution in [2.24, 2.45) is 0 Å². The molecule has 2 rings (SSSR count). The normalized spacial score (nSPS) is 43.2. The Morgan fingerprint density at radius 1 is 1.50 bits per heavy atom. The van der Waals surface area contributed by atoms with E-state index in [1.807, 2.05) is 0 Å². The first kappa shape index (κ1) is 8.85. The van der Waals surface area contributed by atoms with Gasteiger partial charge in [0.15, 0.2) is 0 Å². The zero-order chi connectivity index (χ0) is 8.44. The van der Waals surface area contributed by atoms with Crippen LogP contribution in [0.4, 0.5) is 0 Å². The van der Waals surface area contributed by atoms with Crippen LogP contribution < -0.4 is 10.6 Å². The standard InChI is InChI=1S/C9H18N2S/c1-8-5-10-6-9(11-8)3-2-4-12-7-9/h8,10-11H,2-7H2,1H3/t8-,9?/m0/s1. The highest BCUT2D eigenvalue weighted by Gasteiger charge is 2.35. The van der Waals surface area contributed by atoms with Gasteiger partial charge >= 0.3 is 0 Å². The summed E-state index contributed by atoms with van der Waals surface area (Å²) < 4.78 is 0. The Bertz CT molecular complexity index is 149. The lowest BCUT2D eigenvalue weighted by molar-refractivity contribution is 0.237. The number of piperazine rings is 1. The second-order valence-electron chi connectivity index (χ2n) is 4.11. The lowest BCUT2D eigenvalue weighted by atomic mass is 9.92. The highest BCUT2D eigenvalue weighted by atomic mass is 32.2. The molecule has 0 saturated carbocycles. The van der Waals surface area contributed by atoms with Gasteiger partial charge in [0.25, 0.3) is 0 Å². The maximum absolute atomic E-state index is 3.75. The number of rotatable bonds is 0. The lowest BCUT2D eigenvalue weighted by Crippen LogP contribution is -2.65. The summed E-state index contributed by atoms with van der Waals surface area (Å²) >= 11 is 2.10. The molecule has 0 aromatic heterocycles. The number of hydrogen-bond donors (Lipinski definition) is 2. The predicted molar refractivity (Wildman–Crippen MR) is 54.8 cm³/mol. The largest absolute Gasteiger partial charge is 0.313 e. The topological polar surface area (TPSA) is 24.1 Å². The van der Waals surface area contributed by atoms with Crippen molar-refractivity contribution in [3.05, 3.63) is 0 Å². The summed E-state index contributed by atoms with van der Waals surface area (Å²) in [7, 11) is 0. The van der Waals surface area contributed by atoms with E-state index in [1.165, 1.54) is 30.9 Å². The van der Waals surface area contributed by atoms with E-state index in [0.29, 0.717) is 11.6 Å². The monoisotopic (exact) mass is 186 g/mol. The first-order valence-corrected chi connectivity index (χ1v) is 6.02. The van der Waals surface area contributed by atoms with Crippen molar-refractivity contribution in [2.75, 3.05) is 24.6 Å². The molecule has 1 unspecified atom stereocenters. The SMILES string of the molecule is C[C@H]1CNCC2(CCCSC2)N1. The number of nitrogens with one attached hydrogen (secondary N) is 2. The van der Waals surface area contributed by atoms with Crippen LogP contribution in [0.15, 0.2) is 0 Å². The van der Waals surface area contributed by atoms with Crippen molar-refractivity contribution < 1.29 is 0 Å². The van der Waals surface area contributed by atoms with E-state index >= 15 is 0 Å². The van der Waals surface area contributed by atoms with E-state index in [-0.39, 0.29) is 0 Å². The zero-order valence-corrected chi connectivity index (χ0v) is 8.54. The molecule has 0 aliphatic carbocycles. The summed E-state index contributed by atoms with van der Waals surface area (Å²) in [6, 6.07) is 0.650. The average Bonchev–Trinajstić information content (AvgIpc) is 2.05. The number of thioether (sulfide) groups is 1. The van der Waals surface area contributed by atoms with Crippen LogP contribution in [0.3, 0.4) is 0 Å². The smallest absolute Gasteiger partial charge is 0.0400 e. The molecule has 2 saturated heterocycles. The molecule has 2 heterocycles. The summed E-state index contributed by atoms with van der Waals surface area (Å²) in [6.07, 6.45) is 2.74. The van der Waals surface area contributed by atoms with Crippen LogP contribution in [0, 0.1) is 0 Å². The third kappa shape index (κ3) is 1.78. The molecule has 2 nitrogen and oxygen atoms in total. The molecule has 70 valence electrons. The van der Waals surface area contributed by atoms with Crippen molar-refractivity contribution in [3.63, 3.8) is 0 Å². The fourth-order valence-electron chi connectivity index (χ4n) is 2.26. The third-order valence-electron chi connectivity index (χ3n) is 2.79. The summed E-state index contributed by atoms with van der Waals surface area (Å²) in [5.74, 6) is 2.65. The van der Waals surface area contributed by atoms with Crippen LogP contribution in [-0.2, 0) is 0 Å². The second-order valence-corrected chi connectivity index (χ2v) is 5.22. The summed E-state index contributed by atoms with van der Waals surface area (Å²) in [5, 5.41) is 7.27. The zero-order valence-electron chi connectivity index (χ0n) is 7.73. The van der Waals surface area contributed by atoms with Crippen LogP contribution in [0.1, 0.15) is 19.8 Å². The van der Waals surface area contributed by atoms with E-state index in [2.05, 4.69) is 29.3 Å². The molecule has 1 spiro atoms. The average molecular weight is 186 g/mol. The maximum Gasteiger partial charge on any atom is 0.0400 e. The van der Waals surface area contributed by atoms with Crippen molar-refractivity contribution in [1.82, 2.24) is 10.6 Å². The third-order valence-corrected chi connectivity index (χ3v) is 4.12. The summed E-state index contributed by atoms with van der Waals surface area (Å²) in [4.78, 5) is 0. The second kappa shape index (κ2) is 3.56. The van der Waals surface area contributed by atoms with Gasteiger partial charge in [-0.3, -0.25) is 0 Å². The fourth-order valence-corrected chi connectivity index (χ4v) is 3.47. The van der Waals surface area contributed by atoms with Crippen LogP contribution >= 0.6 is 11.8 Å². The molecule has 0 bridgehead atoms. The molecule has 0 aromatic carbocycles. The van der Waals surface area contributed by atoms with E-state index in [9.17, 15) is 0 Å². The maximum atomic E-state index is 3.75. The van der Waals surface area contributed by atoms with Gasteiger partial charge in [-0.15, -0.1) is 0 Å². The number of hydrogen-bond acceptors (Lipinski definition) is 3. The minimum Gasteiger partial charge on any atom is -0.313 e. The van der Waals surface area contributed by atoms with E-state index in [0.717, 1.165) is 6.54 Å². The van der Waals surface area contributed by atoms with Gasteiger partial charge in [0.05, 0.1) is 0 Å². The van der Waals surface area contributed by atoms with Crippen LogP contribution in [0.5, 0.6) is 0 Å². The Kier molecular flexibility index (Phi) is 2.63. The Morgan fingerprint density at radius 3 is 3.08 bits per heavy atom. The molecule has 2 atom stereocenters. The first-order chi connectivity index (χ1) is 5.81. The van der Waals surface area contributed by atoms with Crippen molar-refractivity contribution in [1.29, 1.82) is 0 Å². The molecule has 12 heavy (non-hydrogen) atoms. The van der Waals surface area contributed by atoms with Crippen molar-refractivity contribution in [2.45, 2.75) is 31.3 Å². The highest BCUT2D eigenvalue weighted by molar-refractivity contribution is 7.99. The predicted octanol–water partition coefficient (Wildman–Crippen LogP) is 0.833. The van der Waals surface area contributed by atoms with Gasteiger partial charge in [-0.25, -0.2) is 0 Å². The van der Waals surface area contributed by atoms with Gasteiger partial charge in [-0.05, 0) is 25.5 Å². The Balaban J connectivity index is 1.97. The molecule has 2 N–H and O–H groups in total. The summed E-state index contributed by atoms with van der Waals surface area (Å²) in [6.45, 7) is 4.57. The van der Waals surface area contributed by atoms with E-state index < -0.39 is 0 Å². The van der Waals surface area contributed by atoms with Gasteiger partial charge in [-0.1, -0.05) is 0 Å². The Labute approximate surface area is 78.9 Å². The van der Waals surface area contributed by atoms with Gasteiger partial charge in [0.2, 0.25) is 0 Å². The van der Waals surface area contributed by atoms with Gasteiger partial charge < -0.3 is 10.6 Å².